The van der Waals surface area contributed by atoms with Gasteiger partial charge in [-0.15, -0.1) is 0 Å². The molecule has 3 aromatic carbocycles. The number of nitrogens with one attached hydrogen (secondary N) is 2. The highest BCUT2D eigenvalue weighted by molar-refractivity contribution is 7.90. The summed E-state index contributed by atoms with van der Waals surface area (Å²) in [5, 5.41) is 2.70. The number of guanidine groups is 1. The highest BCUT2D eigenvalue weighted by atomic mass is 32.2. The normalized spacial score (nSPS) is 14.6. The van der Waals surface area contributed by atoms with Gasteiger partial charge < -0.3 is 25.1 Å². The Labute approximate surface area is 335 Å². The molecule has 0 saturated carbocycles. The zero-order valence-corrected chi connectivity index (χ0v) is 35.0. The average Bonchev–Trinajstić information content (AvgIpc) is 3.12. The summed E-state index contributed by atoms with van der Waals surface area (Å²) < 4.78 is 43.1. The minimum atomic E-state index is -4.11. The average molecular weight is 798 g/mol. The Kier molecular flexibility index (Phi) is 13.0. The molecule has 0 aliphatic carbocycles. The highest BCUT2D eigenvalue weighted by Crippen LogP contribution is 2.42. The Morgan fingerprint density at radius 1 is 0.965 bits per heavy atom. The molecule has 13 heteroatoms. The Bertz CT molecular complexity index is 2330. The monoisotopic (exact) mass is 797 g/mol. The van der Waals surface area contributed by atoms with E-state index in [9.17, 15) is 22.8 Å². The van der Waals surface area contributed by atoms with Gasteiger partial charge in [0.25, 0.3) is 21.5 Å². The summed E-state index contributed by atoms with van der Waals surface area (Å²) >= 11 is 0. The van der Waals surface area contributed by atoms with Crippen molar-refractivity contribution >= 4 is 27.9 Å². The van der Waals surface area contributed by atoms with Crippen LogP contribution >= 0.6 is 0 Å². The number of amides is 1. The molecule has 4 aromatic rings. The van der Waals surface area contributed by atoms with Gasteiger partial charge in [0, 0.05) is 12.7 Å². The van der Waals surface area contributed by atoms with Gasteiger partial charge >= 0.3 is 5.97 Å². The summed E-state index contributed by atoms with van der Waals surface area (Å²) in [7, 11) is -4.11. The Balaban J connectivity index is 1.27. The molecule has 57 heavy (non-hydrogen) atoms. The predicted molar refractivity (Wildman–Crippen MR) is 222 cm³/mol. The summed E-state index contributed by atoms with van der Waals surface area (Å²) in [6.07, 6.45) is 4.06. The molecule has 12 nitrogen and oxygen atoms in total. The van der Waals surface area contributed by atoms with Gasteiger partial charge in [0.15, 0.2) is 0 Å². The van der Waals surface area contributed by atoms with E-state index < -0.39 is 39.1 Å². The van der Waals surface area contributed by atoms with E-state index in [1.165, 1.54) is 10.6 Å². The highest BCUT2D eigenvalue weighted by Gasteiger charge is 2.34. The number of ether oxygens (including phenoxy) is 2. The van der Waals surface area contributed by atoms with Crippen molar-refractivity contribution in [2.45, 2.75) is 116 Å². The third-order valence-electron chi connectivity index (χ3n) is 10.1. The number of carbonyl (C=O) groups excluding carboxylic acids is 2. The number of benzene rings is 3. The third kappa shape index (κ3) is 10.7. The van der Waals surface area contributed by atoms with Crippen molar-refractivity contribution in [1.82, 2.24) is 14.6 Å². The molecule has 1 amide bonds. The molecule has 1 aliphatic rings. The maximum atomic E-state index is 13.7. The first kappa shape index (κ1) is 42.7. The topological polar surface area (TPSA) is 171 Å². The van der Waals surface area contributed by atoms with Gasteiger partial charge in [0.05, 0.1) is 11.4 Å². The smallest absolute Gasteiger partial charge is 0.329 e. The number of hydrogen-bond acceptors (Lipinski definition) is 8. The van der Waals surface area contributed by atoms with Gasteiger partial charge in [-0.3, -0.25) is 14.6 Å². The van der Waals surface area contributed by atoms with E-state index in [-0.39, 0.29) is 48.0 Å². The molecule has 0 spiro atoms. The fraction of sp³-hybridized carbons (Fsp3) is 0.409. The van der Waals surface area contributed by atoms with Crippen LogP contribution in [0.25, 0.3) is 0 Å². The minimum Gasteiger partial charge on any atom is -0.487 e. The van der Waals surface area contributed by atoms with E-state index in [4.69, 9.17) is 15.2 Å². The summed E-state index contributed by atoms with van der Waals surface area (Å²) in [6.45, 7) is 14.8. The van der Waals surface area contributed by atoms with E-state index in [0.29, 0.717) is 24.0 Å². The van der Waals surface area contributed by atoms with Crippen LogP contribution in [0, 0.1) is 20.8 Å². The van der Waals surface area contributed by atoms with E-state index >= 15 is 0 Å². The van der Waals surface area contributed by atoms with Crippen molar-refractivity contribution in [2.24, 2.45) is 10.7 Å². The van der Waals surface area contributed by atoms with E-state index in [1.807, 2.05) is 75.4 Å². The largest absolute Gasteiger partial charge is 0.487 e. The second-order valence-corrected chi connectivity index (χ2v) is 17.9. The van der Waals surface area contributed by atoms with Gasteiger partial charge in [-0.05, 0) is 139 Å². The number of aromatic nitrogens is 1. The van der Waals surface area contributed by atoms with Crippen LogP contribution < -0.4 is 26.1 Å². The maximum Gasteiger partial charge on any atom is 0.329 e. The fourth-order valence-electron chi connectivity index (χ4n) is 7.04. The number of nitrogens with two attached hydrogens (primary N) is 1. The first-order valence-electron chi connectivity index (χ1n) is 19.2. The number of rotatable bonds is 13. The number of aliphatic imine (C=N–C) groups is 1. The molecule has 1 atom stereocenters. The molecule has 5 rings (SSSR count). The third-order valence-corrected chi connectivity index (χ3v) is 11.7. The van der Waals surface area contributed by atoms with Gasteiger partial charge in [-0.1, -0.05) is 54.6 Å². The van der Waals surface area contributed by atoms with Crippen LogP contribution in [0.3, 0.4) is 0 Å². The number of sulfonamides is 1. The second-order valence-electron chi connectivity index (χ2n) is 16.2. The van der Waals surface area contributed by atoms with Gasteiger partial charge in [-0.2, -0.15) is 0 Å². The lowest BCUT2D eigenvalue weighted by molar-refractivity contribution is -0.157. The van der Waals surface area contributed by atoms with Crippen LogP contribution in [0.15, 0.2) is 87.6 Å². The molecular weight excluding hydrogens is 743 g/mol. The molecule has 0 bridgehead atoms. The lowest BCUT2D eigenvalue weighted by Gasteiger charge is -2.35. The summed E-state index contributed by atoms with van der Waals surface area (Å²) in [5.41, 5.74) is 10.2. The fourth-order valence-corrected chi connectivity index (χ4v) is 8.57. The van der Waals surface area contributed by atoms with Gasteiger partial charge in [0.1, 0.15) is 28.6 Å². The minimum absolute atomic E-state index is 0.0359. The van der Waals surface area contributed by atoms with Crippen molar-refractivity contribution in [3.63, 3.8) is 0 Å². The van der Waals surface area contributed by atoms with Crippen LogP contribution in [0.5, 0.6) is 5.75 Å². The van der Waals surface area contributed by atoms with Crippen LogP contribution in [0.4, 0.5) is 0 Å². The van der Waals surface area contributed by atoms with Crippen molar-refractivity contribution in [2.75, 3.05) is 6.54 Å². The first-order chi connectivity index (χ1) is 26.8. The van der Waals surface area contributed by atoms with Crippen LogP contribution in [0.1, 0.15) is 103 Å². The Morgan fingerprint density at radius 2 is 1.63 bits per heavy atom. The number of nitrogens with zero attached hydrogens (tertiary/aromatic N) is 2. The number of fused-ring (bicyclic) bond motifs is 1. The molecule has 0 saturated heterocycles. The SMILES string of the molecule is Cc1c(C)c(S(=O)(=O)NC(N)=NCCC[C@H](NC(=O)c2cccn(Cc3ccccc3Cc3ccccc3)c2=O)C(=O)OC(C)(C)C)c(C)c2c1OC(C)(C)CC2. The number of esters is 1. The number of carbonyl (C=O) groups is 2. The molecule has 1 aromatic heterocycles. The van der Waals surface area contributed by atoms with E-state index in [2.05, 4.69) is 15.0 Å². The van der Waals surface area contributed by atoms with Crippen LogP contribution in [-0.4, -0.2) is 54.6 Å². The number of pyridine rings is 1. The maximum absolute atomic E-state index is 13.7. The molecule has 304 valence electrons. The summed E-state index contributed by atoms with van der Waals surface area (Å²) in [4.78, 5) is 45.0. The van der Waals surface area contributed by atoms with Crippen molar-refractivity contribution in [1.29, 1.82) is 0 Å². The predicted octanol–water partition coefficient (Wildman–Crippen LogP) is 6.03. The molecule has 4 N–H and O–H groups in total. The van der Waals surface area contributed by atoms with Crippen LogP contribution in [-0.2, 0) is 38.9 Å². The Morgan fingerprint density at radius 3 is 2.32 bits per heavy atom. The number of hydrogen-bond donors (Lipinski definition) is 3. The standard InChI is InChI=1S/C44H55N5O7S/c1-28-29(2)38(30(3)34-22-23-44(7,8)55-37(28)34)57(53,54)48-42(45)46-24-14-21-36(41(52)56-43(4,5)6)47-39(50)35-20-15-25-49(40(35)51)27-33-19-13-12-18-32(33)26-31-16-10-9-11-17-31/h9-13,15-20,25,36H,14,21-24,26-27H2,1-8H3,(H,47,50)(H3,45,46,48)/t36-/m0/s1. The van der Waals surface area contributed by atoms with Crippen molar-refractivity contribution < 1.29 is 27.5 Å². The molecule has 0 fully saturated rings. The molecular formula is C44H55N5O7S. The Hall–Kier alpha value is -5.43. The lowest BCUT2D eigenvalue weighted by Crippen LogP contribution is -2.46. The zero-order chi connectivity index (χ0) is 41.7. The molecule has 0 unspecified atom stereocenters. The van der Waals surface area contributed by atoms with E-state index in [0.717, 1.165) is 40.0 Å². The van der Waals surface area contributed by atoms with Gasteiger partial charge in [-0.25, -0.2) is 17.9 Å². The van der Waals surface area contributed by atoms with Gasteiger partial charge in [0.2, 0.25) is 5.96 Å². The summed E-state index contributed by atoms with van der Waals surface area (Å²) in [6, 6.07) is 19.8. The lowest BCUT2D eigenvalue weighted by atomic mass is 9.88. The molecule has 2 heterocycles. The van der Waals surface area contributed by atoms with Crippen molar-refractivity contribution in [3.05, 3.63) is 128 Å². The molecule has 1 aliphatic heterocycles. The zero-order valence-electron chi connectivity index (χ0n) is 34.2. The van der Waals surface area contributed by atoms with Crippen molar-refractivity contribution in [3.8, 4) is 5.75 Å². The molecule has 0 radical (unpaired) electrons. The first-order valence-corrected chi connectivity index (χ1v) is 20.7. The summed E-state index contributed by atoms with van der Waals surface area (Å²) in [5.74, 6) is -0.986. The van der Waals surface area contributed by atoms with Crippen LogP contribution in [0.2, 0.25) is 0 Å². The quantitative estimate of drug-likeness (QED) is 0.0638. The second kappa shape index (κ2) is 17.4. The van der Waals surface area contributed by atoms with E-state index in [1.54, 1.807) is 46.9 Å².